The Hall–Kier alpha value is -1.46. The molecule has 0 aliphatic heterocycles. The normalized spacial score (nSPS) is 12.4. The van der Waals surface area contributed by atoms with Gasteiger partial charge in [0.25, 0.3) is 0 Å². The monoisotopic (exact) mass is 305 g/mol. The summed E-state index contributed by atoms with van der Waals surface area (Å²) in [7, 11) is 0. The van der Waals surface area contributed by atoms with E-state index in [0.29, 0.717) is 10.7 Å². The first-order valence-electron chi connectivity index (χ1n) is 7.02. The molecule has 21 heavy (non-hydrogen) atoms. The zero-order valence-electron chi connectivity index (χ0n) is 12.8. The smallest absolute Gasteiger partial charge is 0.192 e. The van der Waals surface area contributed by atoms with Gasteiger partial charge < -0.3 is 5.32 Å². The van der Waals surface area contributed by atoms with Gasteiger partial charge in [-0.05, 0) is 68.4 Å². The van der Waals surface area contributed by atoms with Crippen molar-refractivity contribution in [1.82, 2.24) is 15.3 Å². The van der Waals surface area contributed by atoms with Gasteiger partial charge in [0.05, 0.1) is 0 Å². The minimum absolute atomic E-state index is 0.0809. The van der Waals surface area contributed by atoms with Crippen molar-refractivity contribution >= 4 is 11.8 Å². The summed E-state index contributed by atoms with van der Waals surface area (Å²) in [5, 5.41) is 4.01. The average Bonchev–Trinajstić information content (AvgIpc) is 2.43. The largest absolute Gasteiger partial charge is 0.310 e. The number of nitrogens with zero attached hydrogens (tertiary/aromatic N) is 2. The lowest BCUT2D eigenvalue weighted by molar-refractivity contribution is 0.571. The van der Waals surface area contributed by atoms with E-state index < -0.39 is 0 Å². The summed E-state index contributed by atoms with van der Waals surface area (Å²) in [5.41, 5.74) is 2.50. The van der Waals surface area contributed by atoms with E-state index in [-0.39, 0.29) is 11.9 Å². The molecule has 2 rings (SSSR count). The number of hydrogen-bond donors (Lipinski definition) is 1. The number of benzene rings is 1. The van der Waals surface area contributed by atoms with Crippen LogP contribution in [0.4, 0.5) is 4.39 Å². The lowest BCUT2D eigenvalue weighted by Gasteiger charge is -2.17. The molecule has 1 unspecified atom stereocenters. The maximum Gasteiger partial charge on any atom is 0.192 e. The Kier molecular flexibility index (Phi) is 5.31. The van der Waals surface area contributed by atoms with Crippen LogP contribution in [0.1, 0.15) is 36.7 Å². The highest BCUT2D eigenvalue weighted by Gasteiger charge is 2.15. The zero-order chi connectivity index (χ0) is 15.4. The Bertz CT molecular complexity index is 631. The second kappa shape index (κ2) is 7.00. The lowest BCUT2D eigenvalue weighted by Crippen LogP contribution is -2.18. The quantitative estimate of drug-likeness (QED) is 0.846. The summed E-state index contributed by atoms with van der Waals surface area (Å²) in [4.78, 5) is 9.67. The van der Waals surface area contributed by atoms with Crippen LogP contribution < -0.4 is 5.32 Å². The van der Waals surface area contributed by atoms with E-state index in [0.717, 1.165) is 22.7 Å². The number of halogens is 1. The van der Waals surface area contributed by atoms with Crippen LogP contribution in [-0.2, 0) is 0 Å². The van der Waals surface area contributed by atoms with E-state index >= 15 is 0 Å². The molecule has 1 aromatic carbocycles. The minimum atomic E-state index is -0.177. The van der Waals surface area contributed by atoms with Crippen molar-refractivity contribution in [2.45, 2.75) is 43.8 Å². The first kappa shape index (κ1) is 15.9. The Morgan fingerprint density at radius 2 is 2.10 bits per heavy atom. The van der Waals surface area contributed by atoms with Crippen LogP contribution in [0.25, 0.3) is 0 Å². The van der Waals surface area contributed by atoms with Crippen molar-refractivity contribution in [2.24, 2.45) is 0 Å². The average molecular weight is 305 g/mol. The van der Waals surface area contributed by atoms with Crippen LogP contribution in [0.2, 0.25) is 0 Å². The molecule has 0 saturated heterocycles. The number of aryl methyl sites for hydroxylation is 2. The summed E-state index contributed by atoms with van der Waals surface area (Å²) >= 11 is 1.48. The number of hydrogen-bond acceptors (Lipinski definition) is 4. The van der Waals surface area contributed by atoms with Gasteiger partial charge in [-0.2, -0.15) is 0 Å². The molecule has 0 spiro atoms. The van der Waals surface area contributed by atoms with Gasteiger partial charge in [0, 0.05) is 22.8 Å². The molecule has 0 amide bonds. The molecule has 112 valence electrons. The Morgan fingerprint density at radius 3 is 2.76 bits per heavy atom. The third-order valence-corrected chi connectivity index (χ3v) is 4.19. The van der Waals surface area contributed by atoms with Crippen molar-refractivity contribution in [3.05, 3.63) is 47.0 Å². The van der Waals surface area contributed by atoms with Crippen LogP contribution in [-0.4, -0.2) is 16.5 Å². The molecule has 0 saturated carbocycles. The van der Waals surface area contributed by atoms with Crippen LogP contribution in [0.15, 0.2) is 34.4 Å². The molecule has 0 radical (unpaired) electrons. The fraction of sp³-hybridized carbons (Fsp3) is 0.375. The molecule has 1 N–H and O–H groups in total. The van der Waals surface area contributed by atoms with Gasteiger partial charge in [0.1, 0.15) is 5.82 Å². The van der Waals surface area contributed by atoms with Gasteiger partial charge in [0.15, 0.2) is 5.16 Å². The molecule has 1 heterocycles. The summed E-state index contributed by atoms with van der Waals surface area (Å²) in [6.07, 6.45) is 1.74. The highest BCUT2D eigenvalue weighted by molar-refractivity contribution is 7.99. The highest BCUT2D eigenvalue weighted by Crippen LogP contribution is 2.33. The lowest BCUT2D eigenvalue weighted by atomic mass is 10.1. The van der Waals surface area contributed by atoms with Gasteiger partial charge in [0.2, 0.25) is 0 Å². The third-order valence-electron chi connectivity index (χ3n) is 3.24. The summed E-state index contributed by atoms with van der Waals surface area (Å²) < 4.78 is 13.9. The Labute approximate surface area is 129 Å². The molecule has 2 aromatic rings. The van der Waals surface area contributed by atoms with Gasteiger partial charge in [-0.25, -0.2) is 14.4 Å². The summed E-state index contributed by atoms with van der Waals surface area (Å²) in [6.45, 7) is 8.62. The Balaban J connectivity index is 2.39. The fourth-order valence-corrected chi connectivity index (χ4v) is 3.18. The van der Waals surface area contributed by atoms with Crippen LogP contribution in [0.5, 0.6) is 0 Å². The standard InChI is InChI=1S/C16H20FN3S/c1-5-18-12(4)13-9-14(17)10(2)8-15(13)21-16-19-7-6-11(3)20-16/h6-9,12,18H,5H2,1-4H3. The van der Waals surface area contributed by atoms with Crippen molar-refractivity contribution in [2.75, 3.05) is 6.54 Å². The van der Waals surface area contributed by atoms with Gasteiger partial charge in [-0.3, -0.25) is 0 Å². The molecule has 5 heteroatoms. The third kappa shape index (κ3) is 4.02. The van der Waals surface area contributed by atoms with E-state index in [1.165, 1.54) is 11.8 Å². The van der Waals surface area contributed by atoms with Gasteiger partial charge in [-0.15, -0.1) is 0 Å². The molecule has 0 aliphatic rings. The van der Waals surface area contributed by atoms with Crippen LogP contribution >= 0.6 is 11.8 Å². The number of aromatic nitrogens is 2. The van der Waals surface area contributed by atoms with Crippen molar-refractivity contribution in [1.29, 1.82) is 0 Å². The molecular formula is C16H20FN3S. The molecule has 1 atom stereocenters. The van der Waals surface area contributed by atoms with Crippen molar-refractivity contribution in [3.63, 3.8) is 0 Å². The maximum atomic E-state index is 13.9. The van der Waals surface area contributed by atoms with E-state index in [4.69, 9.17) is 0 Å². The first-order chi connectivity index (χ1) is 10.0. The summed E-state index contributed by atoms with van der Waals surface area (Å²) in [5.74, 6) is -0.177. The number of nitrogens with one attached hydrogen (secondary N) is 1. The highest BCUT2D eigenvalue weighted by atomic mass is 32.2. The maximum absolute atomic E-state index is 13.9. The van der Waals surface area contributed by atoms with E-state index in [2.05, 4.69) is 15.3 Å². The van der Waals surface area contributed by atoms with E-state index in [9.17, 15) is 4.39 Å². The second-order valence-electron chi connectivity index (χ2n) is 5.00. The molecule has 3 nitrogen and oxygen atoms in total. The van der Waals surface area contributed by atoms with Crippen molar-refractivity contribution < 1.29 is 4.39 Å². The second-order valence-corrected chi connectivity index (χ2v) is 6.01. The molecule has 1 aromatic heterocycles. The zero-order valence-corrected chi connectivity index (χ0v) is 13.6. The topological polar surface area (TPSA) is 37.8 Å². The van der Waals surface area contributed by atoms with Gasteiger partial charge in [-0.1, -0.05) is 6.92 Å². The fourth-order valence-electron chi connectivity index (χ4n) is 2.09. The SMILES string of the molecule is CCNC(C)c1cc(F)c(C)cc1Sc1nccc(C)n1. The molecule has 0 aliphatic carbocycles. The van der Waals surface area contributed by atoms with E-state index in [1.807, 2.05) is 32.9 Å². The molecule has 0 fully saturated rings. The van der Waals surface area contributed by atoms with Crippen LogP contribution in [0, 0.1) is 19.7 Å². The predicted molar refractivity (Wildman–Crippen MR) is 84.1 cm³/mol. The van der Waals surface area contributed by atoms with E-state index in [1.54, 1.807) is 19.2 Å². The minimum Gasteiger partial charge on any atom is -0.310 e. The number of rotatable bonds is 5. The van der Waals surface area contributed by atoms with Crippen LogP contribution in [0.3, 0.4) is 0 Å². The van der Waals surface area contributed by atoms with Gasteiger partial charge >= 0.3 is 0 Å². The van der Waals surface area contributed by atoms with Crippen molar-refractivity contribution in [3.8, 4) is 0 Å². The predicted octanol–water partition coefficient (Wildman–Crippen LogP) is 4.05. The summed E-state index contributed by atoms with van der Waals surface area (Å²) in [6, 6.07) is 5.43. The molecular weight excluding hydrogens is 285 g/mol. The Morgan fingerprint density at radius 1 is 1.33 bits per heavy atom. The first-order valence-corrected chi connectivity index (χ1v) is 7.83. The molecule has 0 bridgehead atoms.